The predicted molar refractivity (Wildman–Crippen MR) is 102 cm³/mol. The summed E-state index contributed by atoms with van der Waals surface area (Å²) < 4.78 is 11.0. The van der Waals surface area contributed by atoms with Gasteiger partial charge < -0.3 is 9.47 Å². The molecule has 0 aromatic heterocycles. The van der Waals surface area contributed by atoms with Crippen molar-refractivity contribution in [2.24, 2.45) is 0 Å². The average Bonchev–Trinajstić information content (AvgIpc) is 2.71. The van der Waals surface area contributed by atoms with Crippen LogP contribution < -0.4 is 4.74 Å². The largest absolute Gasteiger partial charge is 0.489 e. The third-order valence-corrected chi connectivity index (χ3v) is 3.76. The molecular weight excluding hydrogens is 324 g/mol. The Morgan fingerprint density at radius 2 is 1.31 bits per heavy atom. The van der Waals surface area contributed by atoms with Gasteiger partial charge in [0.25, 0.3) is 0 Å². The van der Waals surface area contributed by atoms with Crippen LogP contribution in [0.3, 0.4) is 0 Å². The molecule has 0 radical (unpaired) electrons. The zero-order chi connectivity index (χ0) is 18.0. The molecule has 0 saturated carbocycles. The molecule has 3 rings (SSSR count). The second-order valence-electron chi connectivity index (χ2n) is 5.77. The molecule has 0 spiro atoms. The molecule has 0 bridgehead atoms. The molecule has 0 fully saturated rings. The molecule has 3 aromatic rings. The molecule has 0 aliphatic heterocycles. The van der Waals surface area contributed by atoms with E-state index in [2.05, 4.69) is 0 Å². The second kappa shape index (κ2) is 9.23. The highest BCUT2D eigenvalue weighted by Crippen LogP contribution is 2.15. The van der Waals surface area contributed by atoms with Gasteiger partial charge in [-0.15, -0.1) is 0 Å². The van der Waals surface area contributed by atoms with E-state index in [1.54, 1.807) is 6.08 Å². The first-order valence-electron chi connectivity index (χ1n) is 8.45. The van der Waals surface area contributed by atoms with Gasteiger partial charge in [0, 0.05) is 6.08 Å². The Kier molecular flexibility index (Phi) is 6.21. The maximum Gasteiger partial charge on any atom is 0.331 e. The van der Waals surface area contributed by atoms with E-state index in [4.69, 9.17) is 9.47 Å². The average molecular weight is 344 g/mol. The fourth-order valence-electron chi connectivity index (χ4n) is 2.36. The molecule has 3 nitrogen and oxygen atoms in total. The first kappa shape index (κ1) is 17.5. The van der Waals surface area contributed by atoms with Crippen LogP contribution >= 0.6 is 0 Å². The third kappa shape index (κ3) is 5.64. The first-order chi connectivity index (χ1) is 12.8. The summed E-state index contributed by atoms with van der Waals surface area (Å²) in [7, 11) is 0. The fraction of sp³-hybridized carbons (Fsp3) is 0.0870. The summed E-state index contributed by atoms with van der Waals surface area (Å²) in [5, 5.41) is 0. The lowest BCUT2D eigenvalue weighted by atomic mass is 10.2. The van der Waals surface area contributed by atoms with E-state index in [9.17, 15) is 4.79 Å². The Bertz CT molecular complexity index is 838. The highest BCUT2D eigenvalue weighted by molar-refractivity contribution is 5.87. The van der Waals surface area contributed by atoms with Gasteiger partial charge in [-0.1, -0.05) is 72.8 Å². The van der Waals surface area contributed by atoms with E-state index < -0.39 is 0 Å². The van der Waals surface area contributed by atoms with Gasteiger partial charge in [0.15, 0.2) is 0 Å². The molecular formula is C23H20O3. The molecule has 0 amide bonds. The van der Waals surface area contributed by atoms with Crippen molar-refractivity contribution in [2.75, 3.05) is 0 Å². The van der Waals surface area contributed by atoms with Crippen LogP contribution in [0.4, 0.5) is 0 Å². The van der Waals surface area contributed by atoms with Gasteiger partial charge in [-0.05, 0) is 34.9 Å². The molecule has 0 unspecified atom stereocenters. The molecule has 0 heterocycles. The van der Waals surface area contributed by atoms with Gasteiger partial charge in [-0.2, -0.15) is 0 Å². The van der Waals surface area contributed by atoms with Gasteiger partial charge in [-0.25, -0.2) is 4.79 Å². The van der Waals surface area contributed by atoms with Crippen molar-refractivity contribution in [1.82, 2.24) is 0 Å². The van der Waals surface area contributed by atoms with E-state index in [0.29, 0.717) is 6.61 Å². The Balaban J connectivity index is 1.47. The minimum absolute atomic E-state index is 0.274. The minimum atomic E-state index is -0.363. The quantitative estimate of drug-likeness (QED) is 0.446. The van der Waals surface area contributed by atoms with E-state index in [-0.39, 0.29) is 12.6 Å². The molecule has 0 N–H and O–H groups in total. The SMILES string of the molecule is O=C(/C=C/c1ccc(OCc2ccccc2)cc1)OCc1ccccc1. The lowest BCUT2D eigenvalue weighted by molar-refractivity contribution is -0.138. The summed E-state index contributed by atoms with van der Waals surface area (Å²) in [5.41, 5.74) is 3.00. The lowest BCUT2D eigenvalue weighted by Gasteiger charge is -2.06. The predicted octanol–water partition coefficient (Wildman–Crippen LogP) is 5.02. The van der Waals surface area contributed by atoms with Crippen LogP contribution in [0.15, 0.2) is 91.0 Å². The minimum Gasteiger partial charge on any atom is -0.489 e. The summed E-state index contributed by atoms with van der Waals surface area (Å²) in [6.45, 7) is 0.804. The zero-order valence-electron chi connectivity index (χ0n) is 14.4. The summed E-state index contributed by atoms with van der Waals surface area (Å²) in [6, 6.07) is 27.2. The van der Waals surface area contributed by atoms with Crippen molar-refractivity contribution in [3.63, 3.8) is 0 Å². The highest BCUT2D eigenvalue weighted by Gasteiger charge is 1.99. The number of carbonyl (C=O) groups excluding carboxylic acids is 1. The van der Waals surface area contributed by atoms with Crippen LogP contribution in [-0.4, -0.2) is 5.97 Å². The van der Waals surface area contributed by atoms with Gasteiger partial charge in [-0.3, -0.25) is 0 Å². The summed E-state index contributed by atoms with van der Waals surface area (Å²) in [6.07, 6.45) is 3.16. The molecule has 0 saturated heterocycles. The Morgan fingerprint density at radius 3 is 1.92 bits per heavy atom. The number of esters is 1. The van der Waals surface area contributed by atoms with Crippen LogP contribution in [-0.2, 0) is 22.7 Å². The van der Waals surface area contributed by atoms with Crippen molar-refractivity contribution in [3.05, 3.63) is 108 Å². The fourth-order valence-corrected chi connectivity index (χ4v) is 2.36. The number of ether oxygens (including phenoxy) is 2. The number of hydrogen-bond donors (Lipinski definition) is 0. The standard InChI is InChI=1S/C23H20O3/c24-23(26-18-21-9-5-2-6-10-21)16-13-19-11-14-22(15-12-19)25-17-20-7-3-1-4-8-20/h1-16H,17-18H2/b16-13+. The van der Waals surface area contributed by atoms with Gasteiger partial charge in [0.1, 0.15) is 19.0 Å². The summed E-state index contributed by atoms with van der Waals surface area (Å²) in [4.78, 5) is 11.8. The van der Waals surface area contributed by atoms with Crippen molar-refractivity contribution in [3.8, 4) is 5.75 Å². The Hall–Kier alpha value is -3.33. The van der Waals surface area contributed by atoms with E-state index in [1.165, 1.54) is 6.08 Å². The molecule has 3 aromatic carbocycles. The Morgan fingerprint density at radius 1 is 0.731 bits per heavy atom. The number of benzene rings is 3. The van der Waals surface area contributed by atoms with E-state index >= 15 is 0 Å². The molecule has 0 aliphatic rings. The zero-order valence-corrected chi connectivity index (χ0v) is 14.4. The second-order valence-corrected chi connectivity index (χ2v) is 5.77. The number of carbonyl (C=O) groups is 1. The molecule has 0 aliphatic carbocycles. The van der Waals surface area contributed by atoms with Crippen LogP contribution in [0.5, 0.6) is 5.75 Å². The molecule has 130 valence electrons. The van der Waals surface area contributed by atoms with Crippen LogP contribution in [0.1, 0.15) is 16.7 Å². The van der Waals surface area contributed by atoms with Crippen molar-refractivity contribution in [1.29, 1.82) is 0 Å². The van der Waals surface area contributed by atoms with Crippen molar-refractivity contribution in [2.45, 2.75) is 13.2 Å². The molecule has 26 heavy (non-hydrogen) atoms. The van der Waals surface area contributed by atoms with Crippen LogP contribution in [0.2, 0.25) is 0 Å². The maximum atomic E-state index is 11.8. The molecule has 0 atom stereocenters. The smallest absolute Gasteiger partial charge is 0.331 e. The normalized spacial score (nSPS) is 10.6. The highest BCUT2D eigenvalue weighted by atomic mass is 16.5. The van der Waals surface area contributed by atoms with Crippen LogP contribution in [0.25, 0.3) is 6.08 Å². The van der Waals surface area contributed by atoms with Gasteiger partial charge in [0.2, 0.25) is 0 Å². The number of rotatable bonds is 7. The van der Waals surface area contributed by atoms with E-state index in [1.807, 2.05) is 84.9 Å². The first-order valence-corrected chi connectivity index (χ1v) is 8.45. The van der Waals surface area contributed by atoms with Crippen LogP contribution in [0, 0.1) is 0 Å². The van der Waals surface area contributed by atoms with E-state index in [0.717, 1.165) is 22.4 Å². The summed E-state index contributed by atoms with van der Waals surface area (Å²) >= 11 is 0. The summed E-state index contributed by atoms with van der Waals surface area (Å²) in [5.74, 6) is 0.427. The maximum absolute atomic E-state index is 11.8. The van der Waals surface area contributed by atoms with Crippen molar-refractivity contribution < 1.29 is 14.3 Å². The van der Waals surface area contributed by atoms with Gasteiger partial charge >= 0.3 is 5.97 Å². The number of hydrogen-bond acceptors (Lipinski definition) is 3. The molecule has 3 heteroatoms. The van der Waals surface area contributed by atoms with Crippen molar-refractivity contribution >= 4 is 12.0 Å². The lowest BCUT2D eigenvalue weighted by Crippen LogP contribution is -2.00. The topological polar surface area (TPSA) is 35.5 Å². The third-order valence-electron chi connectivity index (χ3n) is 3.76. The Labute approximate surface area is 153 Å². The monoisotopic (exact) mass is 344 g/mol. The van der Waals surface area contributed by atoms with Gasteiger partial charge in [0.05, 0.1) is 0 Å².